The van der Waals surface area contributed by atoms with Crippen LogP contribution in [0.3, 0.4) is 0 Å². The average Bonchev–Trinajstić information content (AvgIpc) is 2.28. The van der Waals surface area contributed by atoms with Gasteiger partial charge in [-0.25, -0.2) is 0 Å². The summed E-state index contributed by atoms with van der Waals surface area (Å²) in [5, 5.41) is 0. The highest BCUT2D eigenvalue weighted by atomic mass is 16.2. The molecule has 3 nitrogen and oxygen atoms in total. The van der Waals surface area contributed by atoms with E-state index < -0.39 is 5.41 Å². The van der Waals surface area contributed by atoms with Crippen molar-refractivity contribution in [3.8, 4) is 0 Å². The third-order valence-corrected chi connectivity index (χ3v) is 2.33. The summed E-state index contributed by atoms with van der Waals surface area (Å²) in [4.78, 5) is 24.3. The van der Waals surface area contributed by atoms with E-state index in [1.165, 1.54) is 0 Å². The molecule has 86 valence electrons. The lowest BCUT2D eigenvalue weighted by molar-refractivity contribution is -0.115. The first-order valence-corrected chi connectivity index (χ1v) is 5.23. The molecule has 0 radical (unpaired) electrons. The molecule has 0 saturated heterocycles. The van der Waals surface area contributed by atoms with E-state index >= 15 is 0 Å². The van der Waals surface area contributed by atoms with E-state index in [9.17, 15) is 9.59 Å². The normalized spacial score (nSPS) is 10.9. The standard InChI is InChI=1S/C13H17NO2/c1-13(2,10-15)9-14(3)12(16)11-7-5-4-6-8-11/h4-8,10H,9H2,1-3H3. The molecule has 0 aliphatic rings. The first kappa shape index (κ1) is 12.4. The molecule has 0 N–H and O–H groups in total. The van der Waals surface area contributed by atoms with Gasteiger partial charge in [0.15, 0.2) is 0 Å². The van der Waals surface area contributed by atoms with Gasteiger partial charge in [-0.2, -0.15) is 0 Å². The highest BCUT2D eigenvalue weighted by Crippen LogP contribution is 2.14. The Morgan fingerprint density at radius 3 is 2.38 bits per heavy atom. The van der Waals surface area contributed by atoms with Gasteiger partial charge < -0.3 is 9.69 Å². The molecule has 0 fully saturated rings. The van der Waals surface area contributed by atoms with Crippen molar-refractivity contribution in [2.45, 2.75) is 13.8 Å². The zero-order valence-electron chi connectivity index (χ0n) is 9.93. The molecular formula is C13H17NO2. The molecule has 0 heterocycles. The lowest BCUT2D eigenvalue weighted by Gasteiger charge is -2.25. The Hall–Kier alpha value is -1.64. The Labute approximate surface area is 96.1 Å². The number of hydrogen-bond donors (Lipinski definition) is 0. The van der Waals surface area contributed by atoms with E-state index in [4.69, 9.17) is 0 Å². The third-order valence-electron chi connectivity index (χ3n) is 2.33. The molecule has 0 aromatic heterocycles. The van der Waals surface area contributed by atoms with Gasteiger partial charge in [-0.15, -0.1) is 0 Å². The lowest BCUT2D eigenvalue weighted by Crippen LogP contribution is -2.36. The maximum atomic E-state index is 11.9. The predicted octanol–water partition coefficient (Wildman–Crippen LogP) is 1.98. The van der Waals surface area contributed by atoms with Crippen LogP contribution in [0, 0.1) is 5.41 Å². The fourth-order valence-corrected chi connectivity index (χ4v) is 1.52. The van der Waals surface area contributed by atoms with E-state index in [1.807, 2.05) is 32.0 Å². The van der Waals surface area contributed by atoms with Gasteiger partial charge in [0.05, 0.1) is 0 Å². The number of aldehydes is 1. The van der Waals surface area contributed by atoms with Crippen LogP contribution in [0.15, 0.2) is 30.3 Å². The summed E-state index contributed by atoms with van der Waals surface area (Å²) < 4.78 is 0. The molecule has 0 aliphatic heterocycles. The predicted molar refractivity (Wildman–Crippen MR) is 63.2 cm³/mol. The molecule has 3 heteroatoms. The number of nitrogens with zero attached hydrogens (tertiary/aromatic N) is 1. The molecule has 0 aliphatic carbocycles. The zero-order valence-corrected chi connectivity index (χ0v) is 9.93. The van der Waals surface area contributed by atoms with Gasteiger partial charge >= 0.3 is 0 Å². The van der Waals surface area contributed by atoms with Crippen molar-refractivity contribution in [2.24, 2.45) is 5.41 Å². The van der Waals surface area contributed by atoms with Gasteiger partial charge in [-0.3, -0.25) is 4.79 Å². The van der Waals surface area contributed by atoms with E-state index in [1.54, 1.807) is 24.1 Å². The fraction of sp³-hybridized carbons (Fsp3) is 0.385. The summed E-state index contributed by atoms with van der Waals surface area (Å²) in [6, 6.07) is 9.06. The molecule has 1 aromatic carbocycles. The molecule has 16 heavy (non-hydrogen) atoms. The molecule has 0 spiro atoms. The van der Waals surface area contributed by atoms with Crippen molar-refractivity contribution in [3.05, 3.63) is 35.9 Å². The number of rotatable bonds is 4. The van der Waals surface area contributed by atoms with Crippen LogP contribution in [-0.2, 0) is 4.79 Å². The summed E-state index contributed by atoms with van der Waals surface area (Å²) in [7, 11) is 1.71. The first-order valence-electron chi connectivity index (χ1n) is 5.23. The second kappa shape index (κ2) is 4.92. The van der Waals surface area contributed by atoms with E-state index in [2.05, 4.69) is 0 Å². The van der Waals surface area contributed by atoms with Crippen LogP contribution in [-0.4, -0.2) is 30.7 Å². The summed E-state index contributed by atoms with van der Waals surface area (Å²) in [6.45, 7) is 4.05. The lowest BCUT2D eigenvalue weighted by atomic mass is 9.95. The summed E-state index contributed by atoms with van der Waals surface area (Å²) in [5.41, 5.74) is 0.144. The van der Waals surface area contributed by atoms with Gasteiger partial charge in [0.2, 0.25) is 0 Å². The van der Waals surface area contributed by atoms with Gasteiger partial charge in [0, 0.05) is 24.6 Å². The van der Waals surface area contributed by atoms with Crippen molar-refractivity contribution in [1.29, 1.82) is 0 Å². The summed E-state index contributed by atoms with van der Waals surface area (Å²) >= 11 is 0. The Balaban J connectivity index is 2.72. The van der Waals surface area contributed by atoms with Gasteiger partial charge in [0.25, 0.3) is 5.91 Å². The zero-order chi connectivity index (χ0) is 12.2. The van der Waals surface area contributed by atoms with Gasteiger partial charge in [0.1, 0.15) is 6.29 Å². The van der Waals surface area contributed by atoms with Gasteiger partial charge in [-0.1, -0.05) is 32.0 Å². The Morgan fingerprint density at radius 2 is 1.88 bits per heavy atom. The highest BCUT2D eigenvalue weighted by molar-refractivity contribution is 5.94. The van der Waals surface area contributed by atoms with Crippen LogP contribution in [0.2, 0.25) is 0 Å². The maximum Gasteiger partial charge on any atom is 0.253 e. The minimum atomic E-state index is -0.501. The number of benzene rings is 1. The van der Waals surface area contributed by atoms with E-state index in [-0.39, 0.29) is 5.91 Å². The Bertz CT molecular complexity index is 371. The highest BCUT2D eigenvalue weighted by Gasteiger charge is 2.22. The number of carbonyl (C=O) groups is 2. The molecule has 0 atom stereocenters. The molecule has 0 unspecified atom stereocenters. The second-order valence-electron chi connectivity index (χ2n) is 4.63. The van der Waals surface area contributed by atoms with Crippen molar-refractivity contribution >= 4 is 12.2 Å². The van der Waals surface area contributed by atoms with Crippen LogP contribution in [0.25, 0.3) is 0 Å². The minimum absolute atomic E-state index is 0.0597. The smallest absolute Gasteiger partial charge is 0.253 e. The monoisotopic (exact) mass is 219 g/mol. The molecule has 1 amide bonds. The molecule has 1 aromatic rings. The first-order chi connectivity index (χ1) is 7.46. The fourth-order valence-electron chi connectivity index (χ4n) is 1.52. The van der Waals surface area contributed by atoms with Crippen LogP contribution in [0.1, 0.15) is 24.2 Å². The van der Waals surface area contributed by atoms with Crippen molar-refractivity contribution < 1.29 is 9.59 Å². The topological polar surface area (TPSA) is 37.4 Å². The largest absolute Gasteiger partial charge is 0.341 e. The second-order valence-corrected chi connectivity index (χ2v) is 4.63. The van der Waals surface area contributed by atoms with Crippen LogP contribution in [0.5, 0.6) is 0 Å². The van der Waals surface area contributed by atoms with E-state index in [0.717, 1.165) is 6.29 Å². The summed E-state index contributed by atoms with van der Waals surface area (Å²) in [6.07, 6.45) is 0.877. The molecule has 0 saturated carbocycles. The van der Waals surface area contributed by atoms with Crippen molar-refractivity contribution in [1.82, 2.24) is 4.90 Å². The van der Waals surface area contributed by atoms with E-state index in [0.29, 0.717) is 12.1 Å². The SMILES string of the molecule is CN(CC(C)(C)C=O)C(=O)c1ccccc1. The third kappa shape index (κ3) is 3.19. The minimum Gasteiger partial charge on any atom is -0.341 e. The van der Waals surface area contributed by atoms with Crippen molar-refractivity contribution in [2.75, 3.05) is 13.6 Å². The number of hydrogen-bond acceptors (Lipinski definition) is 2. The Morgan fingerprint density at radius 1 is 1.31 bits per heavy atom. The number of carbonyl (C=O) groups excluding carboxylic acids is 2. The molecule has 0 bridgehead atoms. The molecule has 1 rings (SSSR count). The molecular weight excluding hydrogens is 202 g/mol. The summed E-state index contributed by atoms with van der Waals surface area (Å²) in [5.74, 6) is -0.0597. The van der Waals surface area contributed by atoms with Crippen LogP contribution in [0.4, 0.5) is 0 Å². The van der Waals surface area contributed by atoms with Crippen LogP contribution < -0.4 is 0 Å². The Kier molecular flexibility index (Phi) is 3.82. The average molecular weight is 219 g/mol. The quantitative estimate of drug-likeness (QED) is 0.726. The van der Waals surface area contributed by atoms with Crippen molar-refractivity contribution in [3.63, 3.8) is 0 Å². The van der Waals surface area contributed by atoms with Gasteiger partial charge in [-0.05, 0) is 12.1 Å². The maximum absolute atomic E-state index is 11.9. The van der Waals surface area contributed by atoms with Crippen LogP contribution >= 0.6 is 0 Å². The number of amides is 1.